The minimum Gasteiger partial charge on any atom is -0.451 e. The third-order valence-electron chi connectivity index (χ3n) is 9.49. The van der Waals surface area contributed by atoms with Gasteiger partial charge in [-0.15, -0.1) is 0 Å². The van der Waals surface area contributed by atoms with Gasteiger partial charge in [0.25, 0.3) is 0 Å². The van der Waals surface area contributed by atoms with Crippen LogP contribution in [0.25, 0.3) is 0 Å². The minimum atomic E-state index is -0.995. The Labute approximate surface area is 179 Å². The lowest BCUT2D eigenvalue weighted by Crippen LogP contribution is -2.59. The van der Waals surface area contributed by atoms with E-state index in [-0.39, 0.29) is 34.3 Å². The predicted octanol–water partition coefficient (Wildman–Crippen LogP) is 4.28. The molecular formula is C25H36O5. The van der Waals surface area contributed by atoms with Gasteiger partial charge in [0.05, 0.1) is 6.61 Å². The fraction of sp³-hybridized carbons (Fsp3) is 0.800. The van der Waals surface area contributed by atoms with E-state index in [0.717, 1.165) is 32.1 Å². The zero-order valence-electron chi connectivity index (χ0n) is 19.1. The first-order valence-electron chi connectivity index (χ1n) is 11.5. The molecule has 0 bridgehead atoms. The van der Waals surface area contributed by atoms with Gasteiger partial charge in [0, 0.05) is 31.8 Å². The third kappa shape index (κ3) is 2.87. The quantitative estimate of drug-likeness (QED) is 0.640. The fourth-order valence-corrected chi connectivity index (χ4v) is 8.20. The van der Waals surface area contributed by atoms with Crippen molar-refractivity contribution in [1.82, 2.24) is 0 Å². The molecule has 3 fully saturated rings. The van der Waals surface area contributed by atoms with Crippen LogP contribution in [0.4, 0.5) is 0 Å². The van der Waals surface area contributed by atoms with Crippen LogP contribution >= 0.6 is 0 Å². The minimum absolute atomic E-state index is 0.0135. The number of carbonyl (C=O) groups is 3. The molecule has 0 radical (unpaired) electrons. The van der Waals surface area contributed by atoms with Crippen LogP contribution in [-0.4, -0.2) is 36.9 Å². The van der Waals surface area contributed by atoms with E-state index >= 15 is 0 Å². The highest BCUT2D eigenvalue weighted by Gasteiger charge is 2.68. The number of methoxy groups -OCH3 is 1. The van der Waals surface area contributed by atoms with Gasteiger partial charge in [-0.25, -0.2) is 0 Å². The second-order valence-electron chi connectivity index (χ2n) is 10.7. The predicted molar refractivity (Wildman–Crippen MR) is 113 cm³/mol. The van der Waals surface area contributed by atoms with Crippen LogP contribution in [0, 0.1) is 34.5 Å². The summed E-state index contributed by atoms with van der Waals surface area (Å²) in [6.07, 6.45) is 7.87. The number of carbonyl (C=O) groups excluding carboxylic acids is 3. The molecular weight excluding hydrogens is 380 g/mol. The van der Waals surface area contributed by atoms with Crippen molar-refractivity contribution < 1.29 is 23.9 Å². The average molecular weight is 417 g/mol. The van der Waals surface area contributed by atoms with E-state index in [2.05, 4.69) is 13.8 Å². The number of Topliss-reactive ketones (excluding diaryl/α,β-unsaturated/α-hetero) is 1. The molecule has 4 aliphatic carbocycles. The second-order valence-corrected chi connectivity index (χ2v) is 10.7. The van der Waals surface area contributed by atoms with Gasteiger partial charge in [0.1, 0.15) is 0 Å². The molecule has 0 aliphatic heterocycles. The van der Waals surface area contributed by atoms with E-state index in [4.69, 9.17) is 9.47 Å². The molecule has 4 rings (SSSR count). The van der Waals surface area contributed by atoms with E-state index < -0.39 is 5.60 Å². The Balaban J connectivity index is 1.75. The SMILES string of the molecule is COCC1C[C@@H]2[C@H](CC[C@@]3(C)[C@H]2CC[C@]3(OC(C)=O)C(C)=O)[C@@]2(C)CCC(=O)C=C12. The number of ether oxygens (including phenoxy) is 2. The molecule has 5 heteroatoms. The summed E-state index contributed by atoms with van der Waals surface area (Å²) in [6.45, 7) is 8.18. The molecule has 0 aromatic carbocycles. The number of rotatable bonds is 4. The van der Waals surface area contributed by atoms with Crippen LogP contribution in [-0.2, 0) is 23.9 Å². The van der Waals surface area contributed by atoms with Gasteiger partial charge < -0.3 is 9.47 Å². The Bertz CT molecular complexity index is 799. The van der Waals surface area contributed by atoms with Crippen LogP contribution in [0.15, 0.2) is 11.6 Å². The summed E-state index contributed by atoms with van der Waals surface area (Å²) in [7, 11) is 1.73. The highest BCUT2D eigenvalue weighted by molar-refractivity contribution is 5.92. The normalized spacial score (nSPS) is 45.1. The molecule has 30 heavy (non-hydrogen) atoms. The van der Waals surface area contributed by atoms with Gasteiger partial charge in [-0.05, 0) is 74.7 Å². The van der Waals surface area contributed by atoms with E-state index in [1.807, 2.05) is 6.08 Å². The molecule has 0 amide bonds. The maximum absolute atomic E-state index is 12.9. The topological polar surface area (TPSA) is 69.7 Å². The summed E-state index contributed by atoms with van der Waals surface area (Å²) in [5.74, 6) is 1.41. The van der Waals surface area contributed by atoms with Crippen molar-refractivity contribution in [1.29, 1.82) is 0 Å². The molecule has 166 valence electrons. The zero-order chi connectivity index (χ0) is 21.9. The van der Waals surface area contributed by atoms with E-state index in [1.54, 1.807) is 14.0 Å². The smallest absolute Gasteiger partial charge is 0.303 e. The van der Waals surface area contributed by atoms with Crippen molar-refractivity contribution in [3.8, 4) is 0 Å². The van der Waals surface area contributed by atoms with Crippen LogP contribution in [0.3, 0.4) is 0 Å². The highest BCUT2D eigenvalue weighted by atomic mass is 16.6. The van der Waals surface area contributed by atoms with Gasteiger partial charge in [-0.1, -0.05) is 19.4 Å². The van der Waals surface area contributed by atoms with Gasteiger partial charge in [0.2, 0.25) is 0 Å². The van der Waals surface area contributed by atoms with E-state index in [0.29, 0.717) is 37.2 Å². The van der Waals surface area contributed by atoms with Crippen molar-refractivity contribution in [2.45, 2.75) is 78.2 Å². The Morgan fingerprint density at radius 2 is 1.80 bits per heavy atom. The standard InChI is InChI=1S/C25H36O5/c1-15(26)25(30-16(2)27)11-8-21-19-12-17(14-29-5)22-13-18(28)6-9-23(22,3)20(19)7-10-24(21,25)4/h13,17,19-21H,6-12,14H2,1-5H3/t17?,19-,20+,21+,23-,24+,25+/m1/s1. The highest BCUT2D eigenvalue weighted by Crippen LogP contribution is 2.69. The van der Waals surface area contributed by atoms with Crippen molar-refractivity contribution in [3.05, 3.63) is 11.6 Å². The number of ketones is 2. The molecule has 0 saturated heterocycles. The molecule has 7 atom stereocenters. The van der Waals surface area contributed by atoms with Crippen molar-refractivity contribution in [2.75, 3.05) is 13.7 Å². The van der Waals surface area contributed by atoms with Crippen LogP contribution in [0.5, 0.6) is 0 Å². The lowest BCUT2D eigenvalue weighted by molar-refractivity contribution is -0.188. The molecule has 5 nitrogen and oxygen atoms in total. The average Bonchev–Trinajstić information content (AvgIpc) is 2.96. The lowest BCUT2D eigenvalue weighted by Gasteiger charge is -2.60. The van der Waals surface area contributed by atoms with Gasteiger partial charge in [-0.3, -0.25) is 14.4 Å². The summed E-state index contributed by atoms with van der Waals surface area (Å²) in [6, 6.07) is 0. The Kier molecular flexibility index (Phi) is 5.28. The van der Waals surface area contributed by atoms with Crippen molar-refractivity contribution in [3.63, 3.8) is 0 Å². The molecule has 0 heterocycles. The Morgan fingerprint density at radius 3 is 2.43 bits per heavy atom. The summed E-state index contributed by atoms with van der Waals surface area (Å²) < 4.78 is 11.4. The maximum atomic E-state index is 12.9. The summed E-state index contributed by atoms with van der Waals surface area (Å²) in [4.78, 5) is 37.1. The van der Waals surface area contributed by atoms with Gasteiger partial charge in [0.15, 0.2) is 17.2 Å². The third-order valence-corrected chi connectivity index (χ3v) is 9.49. The monoisotopic (exact) mass is 416 g/mol. The van der Waals surface area contributed by atoms with Gasteiger partial charge in [-0.2, -0.15) is 0 Å². The first kappa shape index (κ1) is 21.7. The number of fused-ring (bicyclic) bond motifs is 5. The van der Waals surface area contributed by atoms with E-state index in [1.165, 1.54) is 12.5 Å². The molecule has 0 aromatic rings. The summed E-state index contributed by atoms with van der Waals surface area (Å²) in [5, 5.41) is 0. The van der Waals surface area contributed by atoms with Crippen molar-refractivity contribution in [2.24, 2.45) is 34.5 Å². The number of hydrogen-bond donors (Lipinski definition) is 0. The number of esters is 1. The molecule has 0 N–H and O–H groups in total. The molecule has 3 saturated carbocycles. The zero-order valence-corrected chi connectivity index (χ0v) is 19.1. The second kappa shape index (κ2) is 7.29. The Hall–Kier alpha value is -1.49. The molecule has 0 spiro atoms. The molecule has 4 aliphatic rings. The van der Waals surface area contributed by atoms with Crippen LogP contribution < -0.4 is 0 Å². The van der Waals surface area contributed by atoms with E-state index in [9.17, 15) is 14.4 Å². The summed E-state index contributed by atoms with van der Waals surface area (Å²) in [5.41, 5.74) is -0.0123. The maximum Gasteiger partial charge on any atom is 0.303 e. The first-order valence-corrected chi connectivity index (χ1v) is 11.5. The summed E-state index contributed by atoms with van der Waals surface area (Å²) >= 11 is 0. The largest absolute Gasteiger partial charge is 0.451 e. The molecule has 0 aromatic heterocycles. The van der Waals surface area contributed by atoms with Crippen LogP contribution in [0.2, 0.25) is 0 Å². The Morgan fingerprint density at radius 1 is 1.10 bits per heavy atom. The lowest BCUT2D eigenvalue weighted by atomic mass is 9.44. The number of hydrogen-bond acceptors (Lipinski definition) is 5. The fourth-order valence-electron chi connectivity index (χ4n) is 8.20. The first-order chi connectivity index (χ1) is 14.1. The van der Waals surface area contributed by atoms with Gasteiger partial charge >= 0.3 is 5.97 Å². The van der Waals surface area contributed by atoms with Crippen LogP contribution in [0.1, 0.15) is 72.6 Å². The molecule has 1 unspecified atom stereocenters. The van der Waals surface area contributed by atoms with Crippen molar-refractivity contribution >= 4 is 17.5 Å².